The summed E-state index contributed by atoms with van der Waals surface area (Å²) >= 11 is 16.3. The largest absolute Gasteiger partial charge is 0.306 e. The van der Waals surface area contributed by atoms with Crippen LogP contribution in [0.5, 0.6) is 0 Å². The zero-order chi connectivity index (χ0) is 35.4. The number of nitrogens with zero attached hydrogens (tertiary/aromatic N) is 4. The van der Waals surface area contributed by atoms with Gasteiger partial charge in [0.15, 0.2) is 0 Å². The molecule has 2 saturated heterocycles. The number of likely N-dealkylation sites (N-methyl/N-ethyl adjacent to an activating group) is 2. The molecule has 1 unspecified atom stereocenters. The Kier molecular flexibility index (Phi) is 9.96. The first-order valence-corrected chi connectivity index (χ1v) is 20.8. The predicted molar refractivity (Wildman–Crippen MR) is 214 cm³/mol. The fraction of sp³-hybridized carbons (Fsp3) is 0.333. The monoisotopic (exact) mass is 778 g/mol. The summed E-state index contributed by atoms with van der Waals surface area (Å²) in [6, 6.07) is 5.88. The average Bonchev–Trinajstić information content (AvgIpc) is 3.93. The van der Waals surface area contributed by atoms with Gasteiger partial charge in [-0.25, -0.2) is 0 Å². The molecule has 0 aliphatic carbocycles. The molecule has 5 aliphatic heterocycles. The number of rotatable bonds is 11. The SMILES string of the molecule is CCCCC(CC)CN1C(=O)C2=C3c4sc(/C=C5\SC(=S)N(CC)C5=O)cc4C=CN3C(=O)C2=C1c1ccc(/C=C2\SC(=S)N(CC)C2=O)s1. The standard InChI is InChI=1S/C36H34N4O4S6/c1-5-9-10-19(6-2)18-40-28(23-12-11-21(47-23)16-24-31(41)37(7-3)35(45)49-24)26-27(34(40)44)29-30-20(13-14-39(29)33(26)43)15-22(48-30)17-25-32(42)38(8-4)36(46)50-25/h11-17,19H,5-10,18H2,1-4H3/b24-16-,25-17-. The molecule has 258 valence electrons. The number of carbonyl (C=O) groups excluding carboxylic acids is 4. The summed E-state index contributed by atoms with van der Waals surface area (Å²) in [5.74, 6) is -0.348. The molecule has 5 aliphatic rings. The van der Waals surface area contributed by atoms with Crippen LogP contribution in [0.25, 0.3) is 29.6 Å². The summed E-state index contributed by atoms with van der Waals surface area (Å²) in [6.07, 6.45) is 11.4. The van der Waals surface area contributed by atoms with Gasteiger partial charge >= 0.3 is 0 Å². The molecule has 0 bridgehead atoms. The minimum Gasteiger partial charge on any atom is -0.306 e. The maximum absolute atomic E-state index is 14.6. The van der Waals surface area contributed by atoms with Crippen molar-refractivity contribution in [3.8, 4) is 0 Å². The predicted octanol–water partition coefficient (Wildman–Crippen LogP) is 8.26. The molecule has 2 aromatic rings. The van der Waals surface area contributed by atoms with Crippen molar-refractivity contribution < 1.29 is 19.2 Å². The minimum atomic E-state index is -0.234. The van der Waals surface area contributed by atoms with E-state index in [1.807, 2.05) is 55.2 Å². The fourth-order valence-electron chi connectivity index (χ4n) is 6.66. The van der Waals surface area contributed by atoms with Crippen LogP contribution in [0.1, 0.15) is 78.5 Å². The Labute approximate surface area is 318 Å². The van der Waals surface area contributed by atoms with Gasteiger partial charge in [-0.15, -0.1) is 22.7 Å². The summed E-state index contributed by atoms with van der Waals surface area (Å²) in [5, 5.41) is 0. The maximum atomic E-state index is 14.6. The van der Waals surface area contributed by atoms with E-state index in [0.717, 1.165) is 50.8 Å². The number of thiocarbonyl (C=S) groups is 2. The van der Waals surface area contributed by atoms with Gasteiger partial charge in [-0.05, 0) is 68.2 Å². The molecular formula is C36H34N4O4S6. The number of thiophene rings is 2. The molecule has 0 saturated carbocycles. The zero-order valence-corrected chi connectivity index (χ0v) is 32.8. The number of hydrogen-bond donors (Lipinski definition) is 0. The molecule has 7 rings (SSSR count). The summed E-state index contributed by atoms with van der Waals surface area (Å²) in [6.45, 7) is 9.65. The maximum Gasteiger partial charge on any atom is 0.266 e. The fourth-order valence-corrected chi connectivity index (χ4v) is 11.7. The van der Waals surface area contributed by atoms with Crippen molar-refractivity contribution in [3.05, 3.63) is 70.4 Å². The number of unbranched alkanes of at least 4 members (excludes halogenated alkanes) is 1. The van der Waals surface area contributed by atoms with E-state index in [-0.39, 0.29) is 29.5 Å². The second-order valence-electron chi connectivity index (χ2n) is 12.3. The number of amides is 4. The summed E-state index contributed by atoms with van der Waals surface area (Å²) in [5.41, 5.74) is 2.96. The first-order chi connectivity index (χ1) is 24.1. The average molecular weight is 779 g/mol. The van der Waals surface area contributed by atoms with Gasteiger partial charge < -0.3 is 4.90 Å². The van der Waals surface area contributed by atoms with Crippen LogP contribution in [0, 0.1) is 5.92 Å². The van der Waals surface area contributed by atoms with Gasteiger partial charge in [0.1, 0.15) is 8.64 Å². The van der Waals surface area contributed by atoms with Crippen molar-refractivity contribution in [1.82, 2.24) is 19.6 Å². The Morgan fingerprint density at radius 2 is 1.40 bits per heavy atom. The van der Waals surface area contributed by atoms with Crippen LogP contribution < -0.4 is 0 Å². The summed E-state index contributed by atoms with van der Waals surface area (Å²) in [7, 11) is 0. The first kappa shape index (κ1) is 35.3. The van der Waals surface area contributed by atoms with E-state index in [0.29, 0.717) is 60.6 Å². The van der Waals surface area contributed by atoms with E-state index >= 15 is 0 Å². The van der Waals surface area contributed by atoms with Crippen LogP contribution in [0.15, 0.2) is 45.4 Å². The van der Waals surface area contributed by atoms with E-state index in [2.05, 4.69) is 13.8 Å². The van der Waals surface area contributed by atoms with Crippen molar-refractivity contribution in [2.45, 2.75) is 53.4 Å². The molecule has 0 spiro atoms. The van der Waals surface area contributed by atoms with E-state index in [1.165, 1.54) is 46.2 Å². The van der Waals surface area contributed by atoms with Gasteiger partial charge in [-0.3, -0.25) is 33.9 Å². The smallest absolute Gasteiger partial charge is 0.266 e. The second kappa shape index (κ2) is 14.1. The molecule has 2 fully saturated rings. The molecule has 4 amide bonds. The molecule has 1 atom stereocenters. The molecule has 14 heteroatoms. The molecule has 50 heavy (non-hydrogen) atoms. The van der Waals surface area contributed by atoms with E-state index in [9.17, 15) is 19.2 Å². The number of hydrogen-bond acceptors (Lipinski definition) is 10. The van der Waals surface area contributed by atoms with E-state index in [4.69, 9.17) is 24.4 Å². The van der Waals surface area contributed by atoms with Crippen LogP contribution in [0.4, 0.5) is 0 Å². The van der Waals surface area contributed by atoms with Gasteiger partial charge in [-0.1, -0.05) is 81.1 Å². The molecule has 2 aromatic heterocycles. The van der Waals surface area contributed by atoms with Crippen molar-refractivity contribution in [2.75, 3.05) is 19.6 Å². The highest BCUT2D eigenvalue weighted by Crippen LogP contribution is 2.52. The molecule has 0 aromatic carbocycles. The van der Waals surface area contributed by atoms with Crippen LogP contribution in [-0.4, -0.2) is 71.5 Å². The Morgan fingerprint density at radius 3 is 2.00 bits per heavy atom. The Balaban J connectivity index is 1.32. The van der Waals surface area contributed by atoms with Crippen LogP contribution in [-0.2, 0) is 19.2 Å². The van der Waals surface area contributed by atoms with Crippen molar-refractivity contribution in [3.63, 3.8) is 0 Å². The lowest BCUT2D eigenvalue weighted by atomic mass is 9.98. The number of carbonyl (C=O) groups is 4. The van der Waals surface area contributed by atoms with Crippen LogP contribution in [0.3, 0.4) is 0 Å². The minimum absolute atomic E-state index is 0.108. The Bertz CT molecular complexity index is 2050. The van der Waals surface area contributed by atoms with Gasteiger partial charge in [-0.2, -0.15) is 0 Å². The second-order valence-corrected chi connectivity index (χ2v) is 17.8. The van der Waals surface area contributed by atoms with Gasteiger partial charge in [0.2, 0.25) is 0 Å². The third kappa shape index (κ3) is 5.91. The van der Waals surface area contributed by atoms with Crippen molar-refractivity contribution >= 4 is 133 Å². The summed E-state index contributed by atoms with van der Waals surface area (Å²) in [4.78, 5) is 65.9. The number of thioether (sulfide) groups is 2. The van der Waals surface area contributed by atoms with Gasteiger partial charge in [0, 0.05) is 35.6 Å². The Hall–Kier alpha value is -3.14. The third-order valence-corrected chi connectivity index (χ3v) is 14.2. The quantitative estimate of drug-likeness (QED) is 0.167. The lowest BCUT2D eigenvalue weighted by molar-refractivity contribution is -0.124. The molecule has 8 nitrogen and oxygen atoms in total. The van der Waals surface area contributed by atoms with Crippen molar-refractivity contribution in [2.24, 2.45) is 5.92 Å². The highest BCUT2D eigenvalue weighted by Gasteiger charge is 2.50. The third-order valence-electron chi connectivity index (χ3n) is 9.29. The highest BCUT2D eigenvalue weighted by molar-refractivity contribution is 8.27. The highest BCUT2D eigenvalue weighted by atomic mass is 32.2. The zero-order valence-electron chi connectivity index (χ0n) is 27.9. The molecular weight excluding hydrogens is 745 g/mol. The van der Waals surface area contributed by atoms with E-state index < -0.39 is 0 Å². The molecule has 0 N–H and O–H groups in total. The van der Waals surface area contributed by atoms with Crippen molar-refractivity contribution in [1.29, 1.82) is 0 Å². The lowest BCUT2D eigenvalue weighted by Crippen LogP contribution is -2.32. The van der Waals surface area contributed by atoms with Gasteiger partial charge in [0.05, 0.1) is 42.1 Å². The Morgan fingerprint density at radius 1 is 0.760 bits per heavy atom. The number of fused-ring (bicyclic) bond motifs is 4. The van der Waals surface area contributed by atoms with E-state index in [1.54, 1.807) is 20.9 Å². The molecule has 0 radical (unpaired) electrons. The van der Waals surface area contributed by atoms with Gasteiger partial charge in [0.25, 0.3) is 23.6 Å². The normalized spacial score (nSPS) is 21.0. The lowest BCUT2D eigenvalue weighted by Gasteiger charge is -2.27. The molecule has 7 heterocycles. The topological polar surface area (TPSA) is 81.2 Å². The van der Waals surface area contributed by atoms with Crippen LogP contribution in [0.2, 0.25) is 0 Å². The first-order valence-electron chi connectivity index (χ1n) is 16.7. The summed E-state index contributed by atoms with van der Waals surface area (Å²) < 4.78 is 1.08. The van der Waals surface area contributed by atoms with Crippen LogP contribution >= 0.6 is 70.6 Å².